The number of rotatable bonds is 3. The normalized spacial score (nSPS) is 10.5. The van der Waals surface area contributed by atoms with Gasteiger partial charge in [-0.25, -0.2) is 0 Å². The highest BCUT2D eigenvalue weighted by molar-refractivity contribution is 7.71. The van der Waals surface area contributed by atoms with Crippen molar-refractivity contribution in [1.82, 2.24) is 9.55 Å². The molecule has 78 valence electrons. The van der Waals surface area contributed by atoms with Gasteiger partial charge in [0, 0.05) is 18.9 Å². The van der Waals surface area contributed by atoms with E-state index in [1.54, 1.807) is 0 Å². The zero-order valence-corrected chi connectivity index (χ0v) is 9.00. The molecule has 0 aliphatic carbocycles. The van der Waals surface area contributed by atoms with Crippen LogP contribution in [0.1, 0.15) is 11.1 Å². The second-order valence-corrected chi connectivity index (χ2v) is 3.75. The maximum atomic E-state index is 8.90. The molecule has 2 N–H and O–H groups in total. The standard InChI is InChI=1S/C11H12N2OS/c14-8-10-3-1-9(2-4-10)7-13-6-5-12-11(13)15/h1-6,14H,7-8H2,(H,12,15). The molecule has 1 aromatic heterocycles. The molecule has 0 bridgehead atoms. The third-order valence-electron chi connectivity index (χ3n) is 2.28. The number of hydrogen-bond acceptors (Lipinski definition) is 2. The molecule has 1 aromatic carbocycles. The molecule has 0 aliphatic rings. The van der Waals surface area contributed by atoms with Crippen molar-refractivity contribution in [1.29, 1.82) is 0 Å². The van der Waals surface area contributed by atoms with Crippen LogP contribution in [0.25, 0.3) is 0 Å². The molecule has 0 saturated heterocycles. The highest BCUT2D eigenvalue weighted by atomic mass is 32.1. The maximum absolute atomic E-state index is 8.90. The molecule has 0 saturated carbocycles. The van der Waals surface area contributed by atoms with Gasteiger partial charge in [-0.1, -0.05) is 24.3 Å². The molecule has 1 heterocycles. The van der Waals surface area contributed by atoms with Gasteiger partial charge in [-0.15, -0.1) is 0 Å². The quantitative estimate of drug-likeness (QED) is 0.778. The van der Waals surface area contributed by atoms with Crippen LogP contribution in [-0.4, -0.2) is 14.7 Å². The molecule has 2 rings (SSSR count). The van der Waals surface area contributed by atoms with Gasteiger partial charge in [0.2, 0.25) is 0 Å². The molecule has 0 unspecified atom stereocenters. The molecule has 0 radical (unpaired) electrons. The van der Waals surface area contributed by atoms with Crippen molar-refractivity contribution >= 4 is 12.2 Å². The van der Waals surface area contributed by atoms with Crippen molar-refractivity contribution in [3.63, 3.8) is 0 Å². The lowest BCUT2D eigenvalue weighted by Gasteiger charge is -2.03. The van der Waals surface area contributed by atoms with E-state index in [-0.39, 0.29) is 6.61 Å². The molecule has 0 aliphatic heterocycles. The van der Waals surface area contributed by atoms with Crippen LogP contribution >= 0.6 is 12.2 Å². The molecule has 4 heteroatoms. The van der Waals surface area contributed by atoms with Crippen molar-refractivity contribution in [3.05, 3.63) is 52.6 Å². The van der Waals surface area contributed by atoms with Gasteiger partial charge in [0.15, 0.2) is 4.77 Å². The van der Waals surface area contributed by atoms with Crippen LogP contribution in [0.5, 0.6) is 0 Å². The van der Waals surface area contributed by atoms with E-state index >= 15 is 0 Å². The highest BCUT2D eigenvalue weighted by Gasteiger charge is 1.96. The minimum Gasteiger partial charge on any atom is -0.392 e. The first kappa shape index (κ1) is 10.1. The fourth-order valence-corrected chi connectivity index (χ4v) is 1.61. The average molecular weight is 220 g/mol. The van der Waals surface area contributed by atoms with E-state index in [0.717, 1.165) is 16.9 Å². The summed E-state index contributed by atoms with van der Waals surface area (Å²) in [6, 6.07) is 7.85. The summed E-state index contributed by atoms with van der Waals surface area (Å²) in [5, 5.41) is 8.90. The number of benzene rings is 1. The Morgan fingerprint density at radius 3 is 2.40 bits per heavy atom. The van der Waals surface area contributed by atoms with Gasteiger partial charge in [-0.05, 0) is 23.3 Å². The lowest BCUT2D eigenvalue weighted by Crippen LogP contribution is -1.98. The van der Waals surface area contributed by atoms with Gasteiger partial charge in [0.05, 0.1) is 6.61 Å². The Hall–Kier alpha value is -1.39. The minimum atomic E-state index is 0.0872. The van der Waals surface area contributed by atoms with Crippen molar-refractivity contribution in [2.24, 2.45) is 0 Å². The van der Waals surface area contributed by atoms with Gasteiger partial charge < -0.3 is 14.7 Å². The Labute approximate surface area is 93.0 Å². The molecular formula is C11H12N2OS. The van der Waals surface area contributed by atoms with Crippen LogP contribution in [0, 0.1) is 4.77 Å². The van der Waals surface area contributed by atoms with Crippen LogP contribution < -0.4 is 0 Å². The monoisotopic (exact) mass is 220 g/mol. The van der Waals surface area contributed by atoms with Crippen molar-refractivity contribution in [2.75, 3.05) is 0 Å². The summed E-state index contributed by atoms with van der Waals surface area (Å²) in [6.45, 7) is 0.845. The number of aromatic nitrogens is 2. The molecule has 0 spiro atoms. The predicted molar refractivity (Wildman–Crippen MR) is 61.1 cm³/mol. The van der Waals surface area contributed by atoms with Crippen LogP contribution in [0.2, 0.25) is 0 Å². The SMILES string of the molecule is OCc1ccc(Cn2cc[nH]c2=S)cc1. The van der Waals surface area contributed by atoms with E-state index < -0.39 is 0 Å². The Kier molecular flexibility index (Phi) is 2.99. The number of aliphatic hydroxyl groups excluding tert-OH is 1. The van der Waals surface area contributed by atoms with Gasteiger partial charge in [0.25, 0.3) is 0 Å². The first-order chi connectivity index (χ1) is 7.29. The molecule has 15 heavy (non-hydrogen) atoms. The van der Waals surface area contributed by atoms with Crippen molar-refractivity contribution < 1.29 is 5.11 Å². The molecule has 0 amide bonds. The Balaban J connectivity index is 2.18. The van der Waals surface area contributed by atoms with Gasteiger partial charge >= 0.3 is 0 Å². The highest BCUT2D eigenvalue weighted by Crippen LogP contribution is 2.06. The third-order valence-corrected chi connectivity index (χ3v) is 2.63. The van der Waals surface area contributed by atoms with Crippen molar-refractivity contribution in [3.8, 4) is 0 Å². The number of H-pyrrole nitrogens is 1. The third kappa shape index (κ3) is 2.34. The smallest absolute Gasteiger partial charge is 0.177 e. The summed E-state index contributed by atoms with van der Waals surface area (Å²) < 4.78 is 2.68. The first-order valence-corrected chi connectivity index (χ1v) is 5.13. The van der Waals surface area contributed by atoms with E-state index in [4.69, 9.17) is 17.3 Å². The molecule has 0 atom stereocenters. The summed E-state index contributed by atoms with van der Waals surface area (Å²) in [5.41, 5.74) is 2.10. The number of hydrogen-bond donors (Lipinski definition) is 2. The fraction of sp³-hybridized carbons (Fsp3) is 0.182. The van der Waals surface area contributed by atoms with Crippen LogP contribution in [0.4, 0.5) is 0 Å². The second kappa shape index (κ2) is 4.42. The number of aromatic amines is 1. The number of imidazole rings is 1. The lowest BCUT2D eigenvalue weighted by molar-refractivity contribution is 0.282. The van der Waals surface area contributed by atoms with Gasteiger partial charge in [-0.2, -0.15) is 0 Å². The van der Waals surface area contributed by atoms with E-state index in [9.17, 15) is 0 Å². The largest absolute Gasteiger partial charge is 0.392 e. The Morgan fingerprint density at radius 1 is 1.20 bits per heavy atom. The summed E-state index contributed by atoms with van der Waals surface area (Å²) in [4.78, 5) is 2.95. The number of nitrogens with one attached hydrogen (secondary N) is 1. The molecular weight excluding hydrogens is 208 g/mol. The predicted octanol–water partition coefficient (Wildman–Crippen LogP) is 2.09. The van der Waals surface area contributed by atoms with Crippen LogP contribution in [0.15, 0.2) is 36.7 Å². The fourth-order valence-electron chi connectivity index (χ4n) is 1.42. The Morgan fingerprint density at radius 2 is 1.87 bits per heavy atom. The zero-order chi connectivity index (χ0) is 10.7. The zero-order valence-electron chi connectivity index (χ0n) is 8.18. The Bertz CT molecular complexity index is 484. The summed E-state index contributed by atoms with van der Waals surface area (Å²) in [6.07, 6.45) is 3.74. The second-order valence-electron chi connectivity index (χ2n) is 3.37. The van der Waals surface area contributed by atoms with E-state index in [1.807, 2.05) is 41.2 Å². The number of nitrogens with zero attached hydrogens (tertiary/aromatic N) is 1. The summed E-state index contributed by atoms with van der Waals surface area (Å²) in [5.74, 6) is 0. The average Bonchev–Trinajstić information content (AvgIpc) is 2.66. The van der Waals surface area contributed by atoms with E-state index in [0.29, 0.717) is 0 Å². The topological polar surface area (TPSA) is 41.0 Å². The molecule has 2 aromatic rings. The summed E-state index contributed by atoms with van der Waals surface area (Å²) >= 11 is 5.10. The van der Waals surface area contributed by atoms with Crippen molar-refractivity contribution in [2.45, 2.75) is 13.2 Å². The van der Waals surface area contributed by atoms with E-state index in [1.165, 1.54) is 5.56 Å². The first-order valence-electron chi connectivity index (χ1n) is 4.72. The van der Waals surface area contributed by atoms with Crippen LogP contribution in [0.3, 0.4) is 0 Å². The molecule has 3 nitrogen and oxygen atoms in total. The number of aliphatic hydroxyl groups is 1. The maximum Gasteiger partial charge on any atom is 0.177 e. The minimum absolute atomic E-state index is 0.0872. The molecule has 0 fully saturated rings. The van der Waals surface area contributed by atoms with E-state index in [2.05, 4.69) is 4.98 Å². The van der Waals surface area contributed by atoms with Crippen LogP contribution in [-0.2, 0) is 13.2 Å². The van der Waals surface area contributed by atoms with Gasteiger partial charge in [0.1, 0.15) is 0 Å². The lowest BCUT2D eigenvalue weighted by atomic mass is 10.1. The summed E-state index contributed by atoms with van der Waals surface area (Å²) in [7, 11) is 0. The van der Waals surface area contributed by atoms with Gasteiger partial charge in [-0.3, -0.25) is 0 Å².